The van der Waals surface area contributed by atoms with Crippen molar-refractivity contribution in [2.45, 2.75) is 38.5 Å². The molecule has 1 aromatic rings. The van der Waals surface area contributed by atoms with Crippen molar-refractivity contribution in [1.82, 2.24) is 4.90 Å². The Bertz CT molecular complexity index is 408. The Morgan fingerprint density at radius 1 is 1.30 bits per heavy atom. The van der Waals surface area contributed by atoms with Crippen molar-refractivity contribution >= 4 is 5.84 Å². The summed E-state index contributed by atoms with van der Waals surface area (Å²) in [5.41, 5.74) is 6.98. The van der Waals surface area contributed by atoms with E-state index in [0.717, 1.165) is 31.1 Å². The molecule has 3 nitrogen and oxygen atoms in total. The van der Waals surface area contributed by atoms with Crippen LogP contribution in [0.4, 0.5) is 0 Å². The first-order chi connectivity index (χ1) is 9.70. The van der Waals surface area contributed by atoms with E-state index in [-0.39, 0.29) is 11.8 Å². The number of hydrogen-bond donors (Lipinski definition) is 2. The Labute approximate surface area is 122 Å². The summed E-state index contributed by atoms with van der Waals surface area (Å²) in [5, 5.41) is 7.86. The van der Waals surface area contributed by atoms with Crippen LogP contribution in [0.5, 0.6) is 0 Å². The molecule has 0 amide bonds. The molecule has 1 fully saturated rings. The zero-order valence-corrected chi connectivity index (χ0v) is 12.5. The van der Waals surface area contributed by atoms with Crippen LogP contribution in [0, 0.1) is 11.3 Å². The van der Waals surface area contributed by atoms with Gasteiger partial charge < -0.3 is 10.6 Å². The van der Waals surface area contributed by atoms with Crippen LogP contribution in [-0.4, -0.2) is 30.4 Å². The third-order valence-corrected chi connectivity index (χ3v) is 4.42. The highest BCUT2D eigenvalue weighted by Crippen LogP contribution is 2.24. The van der Waals surface area contributed by atoms with Gasteiger partial charge in [-0.25, -0.2) is 0 Å². The zero-order valence-electron chi connectivity index (χ0n) is 12.5. The molecule has 1 heterocycles. The predicted molar refractivity (Wildman–Crippen MR) is 85.2 cm³/mol. The number of hydrogen-bond acceptors (Lipinski definition) is 2. The van der Waals surface area contributed by atoms with Crippen LogP contribution in [0.3, 0.4) is 0 Å². The second-order valence-electron chi connectivity index (χ2n) is 5.95. The van der Waals surface area contributed by atoms with Crippen molar-refractivity contribution in [3.05, 3.63) is 35.9 Å². The summed E-state index contributed by atoms with van der Waals surface area (Å²) in [7, 11) is 0. The van der Waals surface area contributed by atoms with Crippen LogP contribution >= 0.6 is 0 Å². The lowest BCUT2D eigenvalue weighted by Crippen LogP contribution is -2.39. The predicted octanol–water partition coefficient (Wildman–Crippen LogP) is 3.22. The summed E-state index contributed by atoms with van der Waals surface area (Å²) in [6.07, 6.45) is 5.26. The summed E-state index contributed by atoms with van der Waals surface area (Å²) in [6, 6.07) is 10.2. The van der Waals surface area contributed by atoms with Gasteiger partial charge in [0.25, 0.3) is 0 Å². The lowest BCUT2D eigenvalue weighted by atomic mass is 9.91. The molecule has 3 heteroatoms. The van der Waals surface area contributed by atoms with E-state index in [1.807, 2.05) is 18.2 Å². The number of likely N-dealkylation sites (tertiary alicyclic amines) is 1. The van der Waals surface area contributed by atoms with Crippen LogP contribution in [0.2, 0.25) is 0 Å². The van der Waals surface area contributed by atoms with Gasteiger partial charge in [0.1, 0.15) is 0 Å². The Hall–Kier alpha value is -1.35. The highest BCUT2D eigenvalue weighted by atomic mass is 15.1. The topological polar surface area (TPSA) is 53.1 Å². The van der Waals surface area contributed by atoms with Crippen molar-refractivity contribution in [3.63, 3.8) is 0 Å². The standard InChI is InChI=1S/C17H27N3/c1-2-6-14-9-11-20(12-10-14)13-16(17(18)19)15-7-4-3-5-8-15/h3-5,7-8,14,16H,2,6,9-13H2,1H3,(H3,18,19). The molecular weight excluding hydrogens is 246 g/mol. The molecule has 1 atom stereocenters. The molecular formula is C17H27N3. The highest BCUT2D eigenvalue weighted by Gasteiger charge is 2.23. The maximum atomic E-state index is 7.86. The lowest BCUT2D eigenvalue weighted by Gasteiger charge is -2.34. The number of nitrogens with two attached hydrogens (primary N) is 1. The molecule has 0 bridgehead atoms. The minimum Gasteiger partial charge on any atom is -0.387 e. The van der Waals surface area contributed by atoms with E-state index in [4.69, 9.17) is 11.1 Å². The zero-order chi connectivity index (χ0) is 14.4. The third-order valence-electron chi connectivity index (χ3n) is 4.42. The Balaban J connectivity index is 1.92. The summed E-state index contributed by atoms with van der Waals surface area (Å²) in [6.45, 7) is 5.47. The molecule has 0 spiro atoms. The SMILES string of the molecule is CCCC1CCN(CC(C(=N)N)c2ccccc2)CC1. The van der Waals surface area contributed by atoms with E-state index in [2.05, 4.69) is 24.0 Å². The fraction of sp³-hybridized carbons (Fsp3) is 0.588. The molecule has 0 saturated carbocycles. The monoisotopic (exact) mass is 273 g/mol. The summed E-state index contributed by atoms with van der Waals surface area (Å²) in [4.78, 5) is 2.48. The van der Waals surface area contributed by atoms with Crippen molar-refractivity contribution in [2.75, 3.05) is 19.6 Å². The van der Waals surface area contributed by atoms with Crippen molar-refractivity contribution in [2.24, 2.45) is 11.7 Å². The maximum absolute atomic E-state index is 7.86. The number of benzene rings is 1. The summed E-state index contributed by atoms with van der Waals surface area (Å²) < 4.78 is 0. The van der Waals surface area contributed by atoms with Gasteiger partial charge >= 0.3 is 0 Å². The smallest absolute Gasteiger partial charge is 0.0995 e. The second kappa shape index (κ2) is 7.44. The number of piperidine rings is 1. The molecule has 1 saturated heterocycles. The van der Waals surface area contributed by atoms with E-state index < -0.39 is 0 Å². The van der Waals surface area contributed by atoms with Crippen LogP contribution in [0.1, 0.15) is 44.1 Å². The van der Waals surface area contributed by atoms with Gasteiger partial charge in [-0.2, -0.15) is 0 Å². The quantitative estimate of drug-likeness (QED) is 0.617. The molecule has 110 valence electrons. The summed E-state index contributed by atoms with van der Waals surface area (Å²) >= 11 is 0. The van der Waals surface area contributed by atoms with Crippen molar-refractivity contribution in [1.29, 1.82) is 5.41 Å². The Kier molecular flexibility index (Phi) is 5.60. The number of nitrogens with one attached hydrogen (secondary N) is 1. The first kappa shape index (κ1) is 15.0. The second-order valence-corrected chi connectivity index (χ2v) is 5.95. The molecule has 20 heavy (non-hydrogen) atoms. The van der Waals surface area contributed by atoms with Gasteiger partial charge in [-0.15, -0.1) is 0 Å². The van der Waals surface area contributed by atoms with E-state index in [1.165, 1.54) is 25.7 Å². The molecule has 3 N–H and O–H groups in total. The fourth-order valence-electron chi connectivity index (χ4n) is 3.19. The molecule has 1 aliphatic heterocycles. The van der Waals surface area contributed by atoms with E-state index in [1.54, 1.807) is 0 Å². The average molecular weight is 273 g/mol. The Morgan fingerprint density at radius 3 is 2.50 bits per heavy atom. The highest BCUT2D eigenvalue weighted by molar-refractivity contribution is 5.84. The van der Waals surface area contributed by atoms with Crippen LogP contribution < -0.4 is 5.73 Å². The fourth-order valence-corrected chi connectivity index (χ4v) is 3.19. The molecule has 0 aromatic heterocycles. The van der Waals surface area contributed by atoms with Gasteiger partial charge in [0.2, 0.25) is 0 Å². The number of rotatable bonds is 6. The van der Waals surface area contributed by atoms with Gasteiger partial charge in [-0.1, -0.05) is 50.1 Å². The maximum Gasteiger partial charge on any atom is 0.0995 e. The van der Waals surface area contributed by atoms with Gasteiger partial charge in [-0.05, 0) is 37.4 Å². The lowest BCUT2D eigenvalue weighted by molar-refractivity contribution is 0.177. The van der Waals surface area contributed by atoms with Gasteiger partial charge in [0.05, 0.1) is 11.8 Å². The minimum absolute atomic E-state index is 0.0407. The van der Waals surface area contributed by atoms with Crippen molar-refractivity contribution in [3.8, 4) is 0 Å². The third kappa shape index (κ3) is 4.07. The Morgan fingerprint density at radius 2 is 1.95 bits per heavy atom. The van der Waals surface area contributed by atoms with Crippen LogP contribution in [-0.2, 0) is 0 Å². The van der Waals surface area contributed by atoms with E-state index >= 15 is 0 Å². The molecule has 2 rings (SSSR count). The number of amidine groups is 1. The minimum atomic E-state index is 0.0407. The first-order valence-electron chi connectivity index (χ1n) is 7.82. The van der Waals surface area contributed by atoms with Gasteiger partial charge in [0.15, 0.2) is 0 Å². The van der Waals surface area contributed by atoms with E-state index in [9.17, 15) is 0 Å². The van der Waals surface area contributed by atoms with Crippen LogP contribution in [0.15, 0.2) is 30.3 Å². The van der Waals surface area contributed by atoms with Gasteiger partial charge in [0, 0.05) is 6.54 Å². The normalized spacial score (nSPS) is 18.9. The number of nitrogens with zero attached hydrogens (tertiary/aromatic N) is 1. The molecule has 0 aliphatic carbocycles. The molecule has 1 unspecified atom stereocenters. The largest absolute Gasteiger partial charge is 0.387 e. The van der Waals surface area contributed by atoms with Crippen molar-refractivity contribution < 1.29 is 0 Å². The summed E-state index contributed by atoms with van der Waals surface area (Å²) in [5.74, 6) is 1.23. The van der Waals surface area contributed by atoms with Crippen LogP contribution in [0.25, 0.3) is 0 Å². The molecule has 1 aliphatic rings. The average Bonchev–Trinajstić information content (AvgIpc) is 2.47. The van der Waals surface area contributed by atoms with Gasteiger partial charge in [-0.3, -0.25) is 5.41 Å². The van der Waals surface area contributed by atoms with E-state index in [0.29, 0.717) is 0 Å². The molecule has 1 aromatic carbocycles. The molecule has 0 radical (unpaired) electrons. The first-order valence-corrected chi connectivity index (χ1v) is 7.82.